The molecule has 0 amide bonds. The van der Waals surface area contributed by atoms with Gasteiger partial charge in [-0.1, -0.05) is 33.6 Å². The number of hydrogen-bond donors (Lipinski definition) is 1. The lowest BCUT2D eigenvalue weighted by Crippen LogP contribution is -2.50. The highest BCUT2D eigenvalue weighted by atomic mass is 16.5. The van der Waals surface area contributed by atoms with Crippen LogP contribution in [0.5, 0.6) is 0 Å². The van der Waals surface area contributed by atoms with Gasteiger partial charge in [0.2, 0.25) is 0 Å². The van der Waals surface area contributed by atoms with Crippen molar-refractivity contribution in [3.8, 4) is 0 Å². The second-order valence-electron chi connectivity index (χ2n) is 5.78. The summed E-state index contributed by atoms with van der Waals surface area (Å²) in [5.74, 6) is 0. The van der Waals surface area contributed by atoms with Crippen LogP contribution >= 0.6 is 0 Å². The van der Waals surface area contributed by atoms with Crippen LogP contribution in [0.3, 0.4) is 0 Å². The predicted octanol–water partition coefficient (Wildman–Crippen LogP) is 2.73. The van der Waals surface area contributed by atoms with E-state index >= 15 is 0 Å². The minimum absolute atomic E-state index is 0.159. The van der Waals surface area contributed by atoms with Crippen LogP contribution in [0.2, 0.25) is 0 Å². The number of hydrogen-bond acceptors (Lipinski definition) is 3. The van der Waals surface area contributed by atoms with Crippen molar-refractivity contribution < 1.29 is 9.47 Å². The van der Waals surface area contributed by atoms with Gasteiger partial charge in [-0.2, -0.15) is 0 Å². The molecule has 1 rings (SSSR count). The molecule has 0 bridgehead atoms. The Bertz CT molecular complexity index is 206. The molecule has 1 aliphatic rings. The van der Waals surface area contributed by atoms with Crippen LogP contribution in [0.25, 0.3) is 0 Å². The molecule has 0 heterocycles. The monoisotopic (exact) mass is 243 g/mol. The van der Waals surface area contributed by atoms with E-state index in [1.807, 2.05) is 0 Å². The Morgan fingerprint density at radius 2 is 2.00 bits per heavy atom. The molecule has 0 aromatic rings. The molecule has 3 heteroatoms. The van der Waals surface area contributed by atoms with Gasteiger partial charge in [-0.15, -0.1) is 0 Å². The summed E-state index contributed by atoms with van der Waals surface area (Å²) >= 11 is 0. The van der Waals surface area contributed by atoms with Crippen molar-refractivity contribution in [2.24, 2.45) is 11.1 Å². The molecule has 2 unspecified atom stereocenters. The van der Waals surface area contributed by atoms with Crippen LogP contribution in [0, 0.1) is 5.41 Å². The molecular weight excluding hydrogens is 214 g/mol. The Labute approximate surface area is 106 Å². The Balaban J connectivity index is 2.14. The van der Waals surface area contributed by atoms with E-state index < -0.39 is 0 Å². The first-order valence-electron chi connectivity index (χ1n) is 7.03. The highest BCUT2D eigenvalue weighted by Crippen LogP contribution is 2.35. The zero-order valence-electron chi connectivity index (χ0n) is 11.7. The average Bonchev–Trinajstić information content (AvgIpc) is 2.29. The minimum atomic E-state index is 0.159. The van der Waals surface area contributed by atoms with E-state index in [0.717, 1.165) is 19.4 Å². The van der Waals surface area contributed by atoms with Crippen LogP contribution < -0.4 is 5.73 Å². The summed E-state index contributed by atoms with van der Waals surface area (Å²) in [5.41, 5.74) is 6.47. The van der Waals surface area contributed by atoms with Crippen LogP contribution in [0.1, 0.15) is 52.9 Å². The van der Waals surface area contributed by atoms with Gasteiger partial charge in [0.05, 0.1) is 19.3 Å². The molecule has 1 saturated carbocycles. The van der Waals surface area contributed by atoms with Crippen molar-refractivity contribution in [2.75, 3.05) is 19.8 Å². The van der Waals surface area contributed by atoms with Gasteiger partial charge >= 0.3 is 0 Å². The van der Waals surface area contributed by atoms with Gasteiger partial charge in [0.25, 0.3) is 0 Å². The van der Waals surface area contributed by atoms with E-state index in [-0.39, 0.29) is 17.6 Å². The third-order valence-corrected chi connectivity index (χ3v) is 3.81. The van der Waals surface area contributed by atoms with E-state index in [0.29, 0.717) is 13.2 Å². The molecule has 3 nitrogen and oxygen atoms in total. The quantitative estimate of drug-likeness (QED) is 0.699. The van der Waals surface area contributed by atoms with Gasteiger partial charge in [0, 0.05) is 12.6 Å². The molecule has 0 spiro atoms. The lowest BCUT2D eigenvalue weighted by molar-refractivity contribution is -0.0462. The predicted molar refractivity (Wildman–Crippen MR) is 71.1 cm³/mol. The summed E-state index contributed by atoms with van der Waals surface area (Å²) in [6.45, 7) is 8.88. The maximum absolute atomic E-state index is 6.25. The van der Waals surface area contributed by atoms with Gasteiger partial charge < -0.3 is 15.2 Å². The van der Waals surface area contributed by atoms with Crippen LogP contribution in [0.15, 0.2) is 0 Å². The van der Waals surface area contributed by atoms with E-state index in [1.54, 1.807) is 0 Å². The Morgan fingerprint density at radius 3 is 2.71 bits per heavy atom. The van der Waals surface area contributed by atoms with Gasteiger partial charge in [-0.3, -0.25) is 0 Å². The molecule has 102 valence electrons. The molecule has 2 atom stereocenters. The zero-order chi connectivity index (χ0) is 12.7. The highest BCUT2D eigenvalue weighted by molar-refractivity contribution is 4.91. The maximum Gasteiger partial charge on any atom is 0.0732 e. The van der Waals surface area contributed by atoms with E-state index in [1.165, 1.54) is 19.3 Å². The van der Waals surface area contributed by atoms with Crippen molar-refractivity contribution in [3.05, 3.63) is 0 Å². The minimum Gasteiger partial charge on any atom is -0.379 e. The smallest absolute Gasteiger partial charge is 0.0732 e. The van der Waals surface area contributed by atoms with Gasteiger partial charge in [0.15, 0.2) is 0 Å². The molecule has 1 fully saturated rings. The third-order valence-electron chi connectivity index (χ3n) is 3.81. The SMILES string of the molecule is CCCCOCCOC1CCCC(C)(C)C1N. The zero-order valence-corrected chi connectivity index (χ0v) is 11.7. The summed E-state index contributed by atoms with van der Waals surface area (Å²) in [6.07, 6.45) is 6.06. The van der Waals surface area contributed by atoms with Crippen LogP contribution in [-0.4, -0.2) is 32.0 Å². The second-order valence-corrected chi connectivity index (χ2v) is 5.78. The van der Waals surface area contributed by atoms with Gasteiger partial charge in [-0.25, -0.2) is 0 Å². The van der Waals surface area contributed by atoms with E-state index in [2.05, 4.69) is 20.8 Å². The van der Waals surface area contributed by atoms with Crippen molar-refractivity contribution >= 4 is 0 Å². The molecule has 2 N–H and O–H groups in total. The topological polar surface area (TPSA) is 44.5 Å². The number of nitrogens with two attached hydrogens (primary N) is 1. The molecule has 0 aliphatic heterocycles. The molecule has 0 saturated heterocycles. The Kier molecular flexibility index (Phi) is 6.45. The molecular formula is C14H29NO2. The number of unbranched alkanes of at least 4 members (excludes halogenated alkanes) is 1. The maximum atomic E-state index is 6.25. The van der Waals surface area contributed by atoms with Crippen molar-refractivity contribution in [1.29, 1.82) is 0 Å². The first-order chi connectivity index (χ1) is 8.08. The fourth-order valence-corrected chi connectivity index (χ4v) is 2.40. The van der Waals surface area contributed by atoms with Crippen molar-refractivity contribution in [1.82, 2.24) is 0 Å². The molecule has 0 aromatic carbocycles. The van der Waals surface area contributed by atoms with E-state index in [9.17, 15) is 0 Å². The largest absolute Gasteiger partial charge is 0.379 e. The van der Waals surface area contributed by atoms with Crippen molar-refractivity contribution in [2.45, 2.75) is 65.0 Å². The summed E-state index contributed by atoms with van der Waals surface area (Å²) in [7, 11) is 0. The standard InChI is InChI=1S/C14H29NO2/c1-4-5-9-16-10-11-17-12-7-6-8-14(2,3)13(12)15/h12-13H,4-11,15H2,1-3H3. The average molecular weight is 243 g/mol. The molecule has 17 heavy (non-hydrogen) atoms. The van der Waals surface area contributed by atoms with Crippen LogP contribution in [-0.2, 0) is 9.47 Å². The summed E-state index contributed by atoms with van der Waals surface area (Å²) in [5, 5.41) is 0. The Hall–Kier alpha value is -0.120. The summed E-state index contributed by atoms with van der Waals surface area (Å²) in [4.78, 5) is 0. The fourth-order valence-electron chi connectivity index (χ4n) is 2.40. The summed E-state index contributed by atoms with van der Waals surface area (Å²) < 4.78 is 11.3. The van der Waals surface area contributed by atoms with Crippen LogP contribution in [0.4, 0.5) is 0 Å². The lowest BCUT2D eigenvalue weighted by Gasteiger charge is -2.41. The van der Waals surface area contributed by atoms with E-state index in [4.69, 9.17) is 15.2 Å². The fraction of sp³-hybridized carbons (Fsp3) is 1.00. The third kappa shape index (κ3) is 4.94. The Morgan fingerprint density at radius 1 is 1.24 bits per heavy atom. The summed E-state index contributed by atoms with van der Waals surface area (Å²) in [6, 6.07) is 0.159. The number of ether oxygens (including phenoxy) is 2. The van der Waals surface area contributed by atoms with Gasteiger partial charge in [0.1, 0.15) is 0 Å². The second kappa shape index (κ2) is 7.34. The lowest BCUT2D eigenvalue weighted by atomic mass is 9.72. The molecule has 0 radical (unpaired) electrons. The number of rotatable bonds is 7. The molecule has 1 aliphatic carbocycles. The highest BCUT2D eigenvalue weighted by Gasteiger charge is 2.36. The van der Waals surface area contributed by atoms with Crippen molar-refractivity contribution in [3.63, 3.8) is 0 Å². The normalized spacial score (nSPS) is 28.2. The van der Waals surface area contributed by atoms with Gasteiger partial charge in [-0.05, 0) is 24.7 Å². The first kappa shape index (κ1) is 14.9. The first-order valence-corrected chi connectivity index (χ1v) is 7.03. The molecule has 0 aromatic heterocycles.